The van der Waals surface area contributed by atoms with Crippen LogP contribution in [0.3, 0.4) is 0 Å². The van der Waals surface area contributed by atoms with Crippen LogP contribution in [-0.4, -0.2) is 82.3 Å². The zero-order valence-electron chi connectivity index (χ0n) is 45.4. The number of esters is 2. The van der Waals surface area contributed by atoms with Crippen LogP contribution in [0.5, 0.6) is 0 Å². The number of quaternary nitrogens is 1. The maximum absolute atomic E-state index is 12.9. The molecule has 0 heterocycles. The summed E-state index contributed by atoms with van der Waals surface area (Å²) in [5.74, 6) is -2.29. The Hall–Kier alpha value is -3.01. The van der Waals surface area contributed by atoms with Crippen LogP contribution in [0.15, 0.2) is 60.8 Å². The van der Waals surface area contributed by atoms with Crippen molar-refractivity contribution in [3.8, 4) is 0 Å². The Morgan fingerprint density at radius 3 is 1.23 bits per heavy atom. The van der Waals surface area contributed by atoms with Gasteiger partial charge in [0.15, 0.2) is 12.4 Å². The van der Waals surface area contributed by atoms with Gasteiger partial charge in [-0.25, -0.2) is 0 Å². The summed E-state index contributed by atoms with van der Waals surface area (Å²) in [5.41, 5.74) is 0. The van der Waals surface area contributed by atoms with Crippen molar-refractivity contribution in [3.05, 3.63) is 60.8 Å². The van der Waals surface area contributed by atoms with Gasteiger partial charge in [0.2, 0.25) is 0 Å². The fraction of sp³-hybridized carbons (Fsp3) is 0.783. The van der Waals surface area contributed by atoms with Gasteiger partial charge < -0.3 is 33.3 Å². The summed E-state index contributed by atoms with van der Waals surface area (Å²) in [6.45, 7) is 4.65. The van der Waals surface area contributed by atoms with E-state index in [1.807, 2.05) is 21.1 Å². The highest BCUT2D eigenvalue weighted by Crippen LogP contribution is 2.16. The summed E-state index contributed by atoms with van der Waals surface area (Å²) >= 11 is 0. The molecule has 0 aromatic heterocycles. The average Bonchev–Trinajstić information content (AvgIpc) is 3.31. The number of carbonyl (C=O) groups excluding carboxylic acids is 3. The zero-order valence-corrected chi connectivity index (χ0v) is 45.4. The first-order valence-corrected chi connectivity index (χ1v) is 28.4. The van der Waals surface area contributed by atoms with E-state index >= 15 is 0 Å². The van der Waals surface area contributed by atoms with Gasteiger partial charge in [-0.2, -0.15) is 0 Å². The van der Waals surface area contributed by atoms with Crippen molar-refractivity contribution in [2.24, 2.45) is 0 Å². The number of allylic oxidation sites excluding steroid dienone is 10. The zero-order chi connectivity index (χ0) is 50.6. The number of unbranched alkanes of at least 4 members (excludes halogenated alkanes) is 27. The molecule has 69 heavy (non-hydrogen) atoms. The van der Waals surface area contributed by atoms with E-state index in [9.17, 15) is 19.5 Å². The molecule has 400 valence electrons. The largest absolute Gasteiger partial charge is 0.545 e. The number of ether oxygens (including phenoxy) is 4. The van der Waals surface area contributed by atoms with Gasteiger partial charge in [-0.05, 0) is 57.8 Å². The number of carboxylic acid groups (broad SMARTS) is 1. The Labute approximate surface area is 425 Å². The van der Waals surface area contributed by atoms with Crippen molar-refractivity contribution < 1.29 is 42.9 Å². The fourth-order valence-corrected chi connectivity index (χ4v) is 7.92. The van der Waals surface area contributed by atoms with Crippen LogP contribution in [0.1, 0.15) is 245 Å². The molecule has 0 aliphatic carbocycles. The molecule has 2 unspecified atom stereocenters. The highest BCUT2D eigenvalue weighted by Gasteiger charge is 2.22. The number of aliphatic carboxylic acids is 1. The van der Waals surface area contributed by atoms with Crippen molar-refractivity contribution in [2.75, 3.05) is 47.5 Å². The Kier molecular flexibility index (Phi) is 49.1. The minimum Gasteiger partial charge on any atom is -0.545 e. The van der Waals surface area contributed by atoms with Crippen molar-refractivity contribution in [2.45, 2.75) is 257 Å². The Balaban J connectivity index is 4.28. The lowest BCUT2D eigenvalue weighted by molar-refractivity contribution is -0.870. The average molecular weight is 971 g/mol. The van der Waals surface area contributed by atoms with Crippen LogP contribution >= 0.6 is 0 Å². The molecule has 0 amide bonds. The molecule has 0 aliphatic heterocycles. The van der Waals surface area contributed by atoms with E-state index in [1.165, 1.54) is 135 Å². The molecule has 0 bridgehead atoms. The molecule has 9 heteroatoms. The summed E-state index contributed by atoms with van der Waals surface area (Å²) in [4.78, 5) is 37.3. The van der Waals surface area contributed by atoms with Gasteiger partial charge >= 0.3 is 11.9 Å². The highest BCUT2D eigenvalue weighted by atomic mass is 16.7. The van der Waals surface area contributed by atoms with Gasteiger partial charge in [0.1, 0.15) is 13.2 Å². The lowest BCUT2D eigenvalue weighted by Crippen LogP contribution is -2.44. The molecule has 0 rings (SSSR count). The van der Waals surface area contributed by atoms with Crippen molar-refractivity contribution in [1.29, 1.82) is 0 Å². The third kappa shape index (κ3) is 52.6. The molecule has 0 aromatic rings. The molecule has 0 fully saturated rings. The predicted molar refractivity (Wildman–Crippen MR) is 288 cm³/mol. The molecule has 0 spiro atoms. The van der Waals surface area contributed by atoms with Gasteiger partial charge in [-0.15, -0.1) is 0 Å². The van der Waals surface area contributed by atoms with Gasteiger partial charge in [0, 0.05) is 12.8 Å². The fourth-order valence-electron chi connectivity index (χ4n) is 7.92. The number of carbonyl (C=O) groups is 3. The summed E-state index contributed by atoms with van der Waals surface area (Å²) in [6.07, 6.45) is 61.2. The summed E-state index contributed by atoms with van der Waals surface area (Å²) in [6, 6.07) is 0. The molecule has 0 saturated carbocycles. The second kappa shape index (κ2) is 51.3. The third-order valence-electron chi connectivity index (χ3n) is 12.3. The number of carboxylic acids is 1. The van der Waals surface area contributed by atoms with E-state index in [4.69, 9.17) is 18.9 Å². The normalized spacial score (nSPS) is 13.2. The third-order valence-corrected chi connectivity index (χ3v) is 12.3. The molecule has 9 nitrogen and oxygen atoms in total. The van der Waals surface area contributed by atoms with Crippen molar-refractivity contribution >= 4 is 17.9 Å². The van der Waals surface area contributed by atoms with Crippen LogP contribution in [0.2, 0.25) is 0 Å². The SMILES string of the molecule is CC/C=C\C/C=C\C/C=C\C/C=C\C/C=C\CCCCCCCCCC(=O)OC(COC(=O)CCCCCCCCCCCCCCCCCCCCCCC)COC(OCC[N+](C)(C)C)C(=O)[O-]. The molecule has 0 radical (unpaired) electrons. The topological polar surface area (TPSA) is 111 Å². The van der Waals surface area contributed by atoms with Crippen LogP contribution < -0.4 is 5.11 Å². The Bertz CT molecular complexity index is 1310. The number of likely N-dealkylation sites (N-methyl/N-ethyl adjacent to an activating group) is 1. The van der Waals surface area contributed by atoms with Crippen LogP contribution in [-0.2, 0) is 33.3 Å². The molecular weight excluding hydrogens is 863 g/mol. The van der Waals surface area contributed by atoms with E-state index in [0.717, 1.165) is 77.0 Å². The maximum Gasteiger partial charge on any atom is 0.306 e. The first-order valence-electron chi connectivity index (χ1n) is 28.4. The van der Waals surface area contributed by atoms with Gasteiger partial charge in [0.05, 0.1) is 40.3 Å². The van der Waals surface area contributed by atoms with E-state index in [0.29, 0.717) is 23.9 Å². The molecule has 2 atom stereocenters. The van der Waals surface area contributed by atoms with Crippen LogP contribution in [0.4, 0.5) is 0 Å². The smallest absolute Gasteiger partial charge is 0.306 e. The van der Waals surface area contributed by atoms with Crippen molar-refractivity contribution in [1.82, 2.24) is 0 Å². The summed E-state index contributed by atoms with van der Waals surface area (Å²) < 4.78 is 22.7. The Morgan fingerprint density at radius 1 is 0.449 bits per heavy atom. The van der Waals surface area contributed by atoms with E-state index in [-0.39, 0.29) is 32.2 Å². The first-order chi connectivity index (χ1) is 33.6. The second-order valence-corrected chi connectivity index (χ2v) is 20.2. The monoisotopic (exact) mass is 970 g/mol. The number of hydrogen-bond donors (Lipinski definition) is 0. The molecular formula is C60H107NO8. The van der Waals surface area contributed by atoms with E-state index < -0.39 is 24.3 Å². The van der Waals surface area contributed by atoms with Crippen molar-refractivity contribution in [3.63, 3.8) is 0 Å². The molecule has 0 aromatic carbocycles. The molecule has 0 aliphatic rings. The molecule has 0 N–H and O–H groups in total. The number of nitrogens with zero attached hydrogens (tertiary/aromatic N) is 1. The second-order valence-electron chi connectivity index (χ2n) is 20.2. The standard InChI is InChI=1S/C60H107NO8/c1-6-8-10-12-14-16-18-20-22-24-26-28-29-31-33-35-37-39-41-43-45-47-49-51-58(63)69-56(55-68-60(59(64)65)66-53-52-61(3,4)5)54-67-57(62)50-48-46-44-42-40-38-36-34-32-30-27-25-23-21-19-17-15-13-11-9-7-2/h8,10,14,16,20,22,26,28,31,33,56,60H,6-7,9,11-13,15,17-19,21,23-25,27,29-30,32,34-55H2,1-5H3/b10-8-,16-14-,22-20-,28-26-,33-31-. The minimum absolute atomic E-state index is 0.144. The lowest BCUT2D eigenvalue weighted by atomic mass is 10.0. The minimum atomic E-state index is -1.63. The predicted octanol–water partition coefficient (Wildman–Crippen LogP) is 15.1. The first kappa shape index (κ1) is 66.0. The highest BCUT2D eigenvalue weighted by molar-refractivity contribution is 5.70. The molecule has 0 saturated heterocycles. The van der Waals surface area contributed by atoms with E-state index in [2.05, 4.69) is 74.6 Å². The summed E-state index contributed by atoms with van der Waals surface area (Å²) in [5, 5.41) is 11.8. The van der Waals surface area contributed by atoms with Gasteiger partial charge in [-0.3, -0.25) is 9.59 Å². The maximum atomic E-state index is 12.9. The Morgan fingerprint density at radius 2 is 0.826 bits per heavy atom. The quantitative estimate of drug-likeness (QED) is 0.0195. The number of rotatable bonds is 52. The van der Waals surface area contributed by atoms with E-state index in [1.54, 1.807) is 0 Å². The summed E-state index contributed by atoms with van der Waals surface area (Å²) in [7, 11) is 5.92. The van der Waals surface area contributed by atoms with Gasteiger partial charge in [0.25, 0.3) is 0 Å². The van der Waals surface area contributed by atoms with Crippen LogP contribution in [0, 0.1) is 0 Å². The van der Waals surface area contributed by atoms with Crippen LogP contribution in [0.25, 0.3) is 0 Å². The number of hydrogen-bond acceptors (Lipinski definition) is 8. The lowest BCUT2D eigenvalue weighted by Gasteiger charge is -2.26. The van der Waals surface area contributed by atoms with Gasteiger partial charge in [-0.1, -0.05) is 235 Å².